The summed E-state index contributed by atoms with van der Waals surface area (Å²) in [5, 5.41) is 6.57. The van der Waals surface area contributed by atoms with E-state index in [4.69, 9.17) is 4.74 Å². The minimum absolute atomic E-state index is 0.107. The van der Waals surface area contributed by atoms with Crippen LogP contribution in [0.2, 0.25) is 0 Å². The first-order valence-electron chi connectivity index (χ1n) is 7.41. The number of para-hydroxylation sites is 1. The van der Waals surface area contributed by atoms with Gasteiger partial charge in [0.05, 0.1) is 18.6 Å². The zero-order chi connectivity index (χ0) is 14.0. The lowest BCUT2D eigenvalue weighted by Crippen LogP contribution is -2.44. The van der Waals surface area contributed by atoms with Crippen molar-refractivity contribution in [3.05, 3.63) is 29.8 Å². The molecule has 2 fully saturated rings. The lowest BCUT2D eigenvalue weighted by molar-refractivity contribution is -0.126. The predicted molar refractivity (Wildman–Crippen MR) is 77.6 cm³/mol. The van der Waals surface area contributed by atoms with Crippen molar-refractivity contribution in [3.8, 4) is 5.75 Å². The van der Waals surface area contributed by atoms with Gasteiger partial charge >= 0.3 is 0 Å². The summed E-state index contributed by atoms with van der Waals surface area (Å²) >= 11 is 0. The van der Waals surface area contributed by atoms with Crippen LogP contribution in [0.4, 0.5) is 0 Å². The summed E-state index contributed by atoms with van der Waals surface area (Å²) in [6.07, 6.45) is 4.07. The van der Waals surface area contributed by atoms with Gasteiger partial charge in [0.15, 0.2) is 0 Å². The Bertz CT molecular complexity index is 491. The van der Waals surface area contributed by atoms with Crippen molar-refractivity contribution >= 4 is 5.91 Å². The smallest absolute Gasteiger partial charge is 0.225 e. The Kier molecular flexibility index (Phi) is 3.66. The second-order valence-corrected chi connectivity index (χ2v) is 5.81. The number of benzene rings is 1. The Morgan fingerprint density at radius 1 is 1.40 bits per heavy atom. The summed E-state index contributed by atoms with van der Waals surface area (Å²) in [5.41, 5.74) is 0.917. The van der Waals surface area contributed by atoms with Crippen LogP contribution < -0.4 is 15.4 Å². The normalized spacial score (nSPS) is 23.9. The van der Waals surface area contributed by atoms with Gasteiger partial charge in [-0.2, -0.15) is 0 Å². The third-order valence-corrected chi connectivity index (χ3v) is 4.40. The number of amides is 1. The standard InChI is InChI=1S/C16H22N2O2/c1-20-14-7-3-2-6-13(14)16(8-9-16)18-15(19)12-5-4-10-17-11-12/h2-3,6-7,12,17H,4-5,8-11H2,1H3,(H,18,19). The maximum absolute atomic E-state index is 12.4. The molecule has 1 aromatic carbocycles. The van der Waals surface area contributed by atoms with E-state index in [1.807, 2.05) is 18.2 Å². The number of hydrogen-bond acceptors (Lipinski definition) is 3. The Balaban J connectivity index is 1.74. The lowest BCUT2D eigenvalue weighted by Gasteiger charge is -2.26. The number of piperidine rings is 1. The molecule has 0 bridgehead atoms. The molecule has 1 aliphatic carbocycles. The molecule has 1 saturated heterocycles. The molecule has 0 spiro atoms. The molecule has 4 heteroatoms. The molecule has 0 aromatic heterocycles. The minimum Gasteiger partial charge on any atom is -0.496 e. The Morgan fingerprint density at radius 3 is 2.85 bits per heavy atom. The van der Waals surface area contributed by atoms with E-state index in [2.05, 4.69) is 16.7 Å². The van der Waals surface area contributed by atoms with Crippen molar-refractivity contribution in [2.75, 3.05) is 20.2 Å². The van der Waals surface area contributed by atoms with E-state index in [-0.39, 0.29) is 17.4 Å². The van der Waals surface area contributed by atoms with Gasteiger partial charge in [-0.15, -0.1) is 0 Å². The number of rotatable bonds is 4. The van der Waals surface area contributed by atoms with Crippen molar-refractivity contribution in [2.45, 2.75) is 31.2 Å². The van der Waals surface area contributed by atoms with Crippen LogP contribution in [0.5, 0.6) is 5.75 Å². The Labute approximate surface area is 119 Å². The van der Waals surface area contributed by atoms with E-state index < -0.39 is 0 Å². The summed E-state index contributed by atoms with van der Waals surface area (Å²) in [5.74, 6) is 1.16. The van der Waals surface area contributed by atoms with Crippen LogP contribution in [-0.2, 0) is 10.3 Å². The summed E-state index contributed by atoms with van der Waals surface area (Å²) < 4.78 is 5.44. The first kappa shape index (κ1) is 13.4. The molecule has 1 aliphatic heterocycles. The first-order chi connectivity index (χ1) is 9.75. The highest BCUT2D eigenvalue weighted by Gasteiger charge is 2.48. The maximum Gasteiger partial charge on any atom is 0.225 e. The second kappa shape index (κ2) is 5.44. The molecule has 0 radical (unpaired) electrons. The fourth-order valence-electron chi connectivity index (χ4n) is 3.04. The first-order valence-corrected chi connectivity index (χ1v) is 7.41. The molecule has 3 rings (SSSR count). The van der Waals surface area contributed by atoms with Crippen molar-refractivity contribution in [3.63, 3.8) is 0 Å². The predicted octanol–water partition coefficient (Wildman–Crippen LogP) is 1.80. The van der Waals surface area contributed by atoms with E-state index in [9.17, 15) is 4.79 Å². The lowest BCUT2D eigenvalue weighted by atomic mass is 9.96. The molecule has 2 aliphatic rings. The van der Waals surface area contributed by atoms with Crippen LogP contribution in [0.3, 0.4) is 0 Å². The second-order valence-electron chi connectivity index (χ2n) is 5.81. The molecule has 108 valence electrons. The Morgan fingerprint density at radius 2 is 2.20 bits per heavy atom. The van der Waals surface area contributed by atoms with Crippen molar-refractivity contribution in [2.24, 2.45) is 5.92 Å². The topological polar surface area (TPSA) is 50.4 Å². The average Bonchev–Trinajstić information content (AvgIpc) is 3.28. The highest BCUT2D eigenvalue weighted by atomic mass is 16.5. The van der Waals surface area contributed by atoms with Crippen LogP contribution in [0, 0.1) is 5.92 Å². The fourth-order valence-corrected chi connectivity index (χ4v) is 3.04. The van der Waals surface area contributed by atoms with Crippen LogP contribution in [0.1, 0.15) is 31.2 Å². The van der Waals surface area contributed by atoms with Crippen LogP contribution in [0.25, 0.3) is 0 Å². The molecule has 1 atom stereocenters. The summed E-state index contributed by atoms with van der Waals surface area (Å²) in [6.45, 7) is 1.83. The van der Waals surface area contributed by atoms with Crippen molar-refractivity contribution < 1.29 is 9.53 Å². The van der Waals surface area contributed by atoms with Crippen LogP contribution in [-0.4, -0.2) is 26.1 Å². The third-order valence-electron chi connectivity index (χ3n) is 4.40. The van der Waals surface area contributed by atoms with E-state index in [0.29, 0.717) is 0 Å². The molecule has 4 nitrogen and oxygen atoms in total. The molecule has 2 N–H and O–H groups in total. The van der Waals surface area contributed by atoms with Gasteiger partial charge in [0.2, 0.25) is 5.91 Å². The van der Waals surface area contributed by atoms with E-state index in [1.54, 1.807) is 7.11 Å². The van der Waals surface area contributed by atoms with Gasteiger partial charge < -0.3 is 15.4 Å². The van der Waals surface area contributed by atoms with E-state index in [1.165, 1.54) is 0 Å². The molecule has 1 saturated carbocycles. The fraction of sp³-hybridized carbons (Fsp3) is 0.562. The molecule has 1 aromatic rings. The quantitative estimate of drug-likeness (QED) is 0.880. The van der Waals surface area contributed by atoms with Gasteiger partial charge in [-0.05, 0) is 38.3 Å². The van der Waals surface area contributed by atoms with Gasteiger partial charge in [-0.25, -0.2) is 0 Å². The van der Waals surface area contributed by atoms with Crippen LogP contribution >= 0.6 is 0 Å². The van der Waals surface area contributed by atoms with E-state index in [0.717, 1.165) is 50.1 Å². The van der Waals surface area contributed by atoms with Gasteiger partial charge in [-0.3, -0.25) is 4.79 Å². The molecule has 1 unspecified atom stereocenters. The SMILES string of the molecule is COc1ccccc1C1(NC(=O)C2CCCNC2)CC1. The van der Waals surface area contributed by atoms with Gasteiger partial charge in [0.25, 0.3) is 0 Å². The molecule has 1 heterocycles. The zero-order valence-electron chi connectivity index (χ0n) is 11.9. The number of hydrogen-bond donors (Lipinski definition) is 2. The molecular weight excluding hydrogens is 252 g/mol. The number of carbonyl (C=O) groups is 1. The number of methoxy groups -OCH3 is 1. The van der Waals surface area contributed by atoms with Gasteiger partial charge in [0, 0.05) is 12.1 Å². The third kappa shape index (κ3) is 2.52. The highest BCUT2D eigenvalue weighted by Crippen LogP contribution is 2.49. The Hall–Kier alpha value is -1.55. The molecular formula is C16H22N2O2. The molecule has 1 amide bonds. The van der Waals surface area contributed by atoms with Crippen LogP contribution in [0.15, 0.2) is 24.3 Å². The molecule has 20 heavy (non-hydrogen) atoms. The van der Waals surface area contributed by atoms with Gasteiger partial charge in [0.1, 0.15) is 5.75 Å². The maximum atomic E-state index is 12.4. The zero-order valence-corrected chi connectivity index (χ0v) is 11.9. The number of nitrogens with one attached hydrogen (secondary N) is 2. The van der Waals surface area contributed by atoms with E-state index >= 15 is 0 Å². The number of carbonyl (C=O) groups excluding carboxylic acids is 1. The van der Waals surface area contributed by atoms with Crippen molar-refractivity contribution in [1.29, 1.82) is 0 Å². The minimum atomic E-state index is -0.193. The van der Waals surface area contributed by atoms with Gasteiger partial charge in [-0.1, -0.05) is 18.2 Å². The average molecular weight is 274 g/mol. The summed E-state index contributed by atoms with van der Waals surface area (Å²) in [4.78, 5) is 12.4. The largest absolute Gasteiger partial charge is 0.496 e. The highest BCUT2D eigenvalue weighted by molar-refractivity contribution is 5.80. The summed E-state index contributed by atoms with van der Waals surface area (Å²) in [7, 11) is 1.68. The van der Waals surface area contributed by atoms with Crippen molar-refractivity contribution in [1.82, 2.24) is 10.6 Å². The monoisotopic (exact) mass is 274 g/mol. The summed E-state index contributed by atoms with van der Waals surface area (Å²) in [6, 6.07) is 7.99. The number of ether oxygens (including phenoxy) is 1.